The Balaban J connectivity index is 2.14. The summed E-state index contributed by atoms with van der Waals surface area (Å²) >= 11 is 12.4. The second kappa shape index (κ2) is 5.90. The molecule has 0 aliphatic carbocycles. The van der Waals surface area contributed by atoms with Gasteiger partial charge in [-0.15, -0.1) is 0 Å². The number of amides is 1. The molecule has 2 heterocycles. The predicted octanol–water partition coefficient (Wildman–Crippen LogP) is 2.56. The molecule has 0 saturated carbocycles. The minimum Gasteiger partial charge on any atom is -0.340 e. The van der Waals surface area contributed by atoms with E-state index in [4.69, 9.17) is 23.2 Å². The standard InChI is InChI=1S/C14H11Cl2N5O/c1-8(22)20-13-12-14(18-6-17-12)21(7-19-13)5-9-10(15)3-2-4-11(9)16/h2-4,6-7H,5H2,1H3,(H,17,18). The Bertz CT molecular complexity index is 908. The number of rotatable bonds is 2. The molecule has 3 aromatic rings. The highest BCUT2D eigenvalue weighted by Gasteiger charge is 2.10. The molecule has 3 rings (SSSR count). The van der Waals surface area contributed by atoms with Gasteiger partial charge in [0.25, 0.3) is 0 Å². The lowest BCUT2D eigenvalue weighted by Gasteiger charge is -2.10. The summed E-state index contributed by atoms with van der Waals surface area (Å²) in [4.78, 5) is 26.4. The van der Waals surface area contributed by atoms with Crippen LogP contribution in [-0.2, 0) is 11.3 Å². The van der Waals surface area contributed by atoms with Crippen LogP contribution >= 0.6 is 23.2 Å². The normalized spacial score (nSPS) is 12.0. The van der Waals surface area contributed by atoms with Crippen molar-refractivity contribution in [3.8, 4) is 0 Å². The molecule has 0 aliphatic rings. The Morgan fingerprint density at radius 1 is 1.32 bits per heavy atom. The van der Waals surface area contributed by atoms with Gasteiger partial charge in [0, 0.05) is 22.5 Å². The van der Waals surface area contributed by atoms with E-state index >= 15 is 0 Å². The summed E-state index contributed by atoms with van der Waals surface area (Å²) in [5.74, 6) is -0.324. The summed E-state index contributed by atoms with van der Waals surface area (Å²) in [6.45, 7) is 1.78. The Morgan fingerprint density at radius 2 is 2.05 bits per heavy atom. The average Bonchev–Trinajstić information content (AvgIpc) is 2.94. The summed E-state index contributed by atoms with van der Waals surface area (Å²) < 4.78 is 1.79. The number of benzene rings is 1. The molecule has 1 N–H and O–H groups in total. The quantitative estimate of drug-likeness (QED) is 0.781. The molecule has 0 atom stereocenters. The Hall–Kier alpha value is -2.18. The van der Waals surface area contributed by atoms with Gasteiger partial charge in [0.2, 0.25) is 5.91 Å². The van der Waals surface area contributed by atoms with Gasteiger partial charge in [0.05, 0.1) is 19.2 Å². The van der Waals surface area contributed by atoms with Gasteiger partial charge in [-0.25, -0.2) is 9.97 Å². The van der Waals surface area contributed by atoms with Gasteiger partial charge in [-0.3, -0.25) is 4.79 Å². The fourth-order valence-corrected chi connectivity index (χ4v) is 2.63. The van der Waals surface area contributed by atoms with E-state index in [1.807, 2.05) is 0 Å². The van der Waals surface area contributed by atoms with Crippen LogP contribution in [0.25, 0.3) is 11.2 Å². The lowest BCUT2D eigenvalue weighted by Crippen LogP contribution is -2.16. The second-order valence-corrected chi connectivity index (χ2v) is 5.44. The van der Waals surface area contributed by atoms with Crippen LogP contribution in [0.4, 0.5) is 0 Å². The van der Waals surface area contributed by atoms with E-state index in [1.165, 1.54) is 13.3 Å². The number of nitrogens with one attached hydrogen (secondary N) is 1. The zero-order valence-electron chi connectivity index (χ0n) is 11.5. The van der Waals surface area contributed by atoms with E-state index in [1.54, 1.807) is 29.1 Å². The van der Waals surface area contributed by atoms with Crippen molar-refractivity contribution in [2.24, 2.45) is 4.99 Å². The molecule has 0 spiro atoms. The Morgan fingerprint density at radius 3 is 2.73 bits per heavy atom. The summed E-state index contributed by atoms with van der Waals surface area (Å²) in [5.41, 5.74) is 2.28. The number of carbonyl (C=O) groups is 1. The zero-order chi connectivity index (χ0) is 15.7. The van der Waals surface area contributed by atoms with Gasteiger partial charge >= 0.3 is 0 Å². The number of aromatic amines is 1. The Labute approximate surface area is 135 Å². The molecule has 2 aromatic heterocycles. The van der Waals surface area contributed by atoms with E-state index in [-0.39, 0.29) is 5.91 Å². The number of carbonyl (C=O) groups excluding carboxylic acids is 1. The number of H-pyrrole nitrogens is 1. The largest absolute Gasteiger partial charge is 0.340 e. The summed E-state index contributed by atoms with van der Waals surface area (Å²) in [6.07, 6.45) is 3.08. The van der Waals surface area contributed by atoms with E-state index in [9.17, 15) is 4.79 Å². The highest BCUT2D eigenvalue weighted by molar-refractivity contribution is 6.35. The molecule has 0 fully saturated rings. The molecule has 112 valence electrons. The fourth-order valence-electron chi connectivity index (χ4n) is 2.12. The third-order valence-electron chi connectivity index (χ3n) is 3.09. The molecule has 1 amide bonds. The van der Waals surface area contributed by atoms with Gasteiger partial charge in [0.1, 0.15) is 5.52 Å². The number of nitrogens with zero attached hydrogens (tertiary/aromatic N) is 4. The Kier molecular flexibility index (Phi) is 3.96. The van der Waals surface area contributed by atoms with Crippen molar-refractivity contribution in [3.05, 3.63) is 52.0 Å². The monoisotopic (exact) mass is 335 g/mol. The highest BCUT2D eigenvalue weighted by Crippen LogP contribution is 2.25. The van der Waals surface area contributed by atoms with E-state index in [0.29, 0.717) is 33.2 Å². The zero-order valence-corrected chi connectivity index (χ0v) is 13.1. The van der Waals surface area contributed by atoms with Gasteiger partial charge in [-0.05, 0) is 12.1 Å². The minimum atomic E-state index is -0.324. The van der Waals surface area contributed by atoms with E-state index in [2.05, 4.69) is 19.9 Å². The van der Waals surface area contributed by atoms with Crippen LogP contribution in [0.5, 0.6) is 0 Å². The molecule has 8 heteroatoms. The lowest BCUT2D eigenvalue weighted by atomic mass is 10.2. The molecule has 0 aliphatic heterocycles. The molecule has 1 aromatic carbocycles. The van der Waals surface area contributed by atoms with Crippen LogP contribution in [0.2, 0.25) is 10.0 Å². The first kappa shape index (κ1) is 14.7. The van der Waals surface area contributed by atoms with Gasteiger partial charge in [0.15, 0.2) is 11.1 Å². The van der Waals surface area contributed by atoms with Crippen molar-refractivity contribution in [2.75, 3.05) is 0 Å². The highest BCUT2D eigenvalue weighted by atomic mass is 35.5. The van der Waals surface area contributed by atoms with Crippen LogP contribution in [-0.4, -0.2) is 25.4 Å². The maximum atomic E-state index is 11.2. The molecule has 0 bridgehead atoms. The maximum absolute atomic E-state index is 11.2. The average molecular weight is 336 g/mol. The first-order valence-corrected chi connectivity index (χ1v) is 7.18. The molecule has 0 radical (unpaired) electrons. The van der Waals surface area contributed by atoms with Gasteiger partial charge in [-0.2, -0.15) is 4.99 Å². The third kappa shape index (κ3) is 2.75. The first-order valence-electron chi connectivity index (χ1n) is 6.43. The van der Waals surface area contributed by atoms with Crippen LogP contribution in [0, 0.1) is 0 Å². The number of hydrogen-bond acceptors (Lipinski definition) is 3. The van der Waals surface area contributed by atoms with Gasteiger partial charge in [-0.1, -0.05) is 29.3 Å². The van der Waals surface area contributed by atoms with Crippen LogP contribution < -0.4 is 5.49 Å². The van der Waals surface area contributed by atoms with Crippen molar-refractivity contribution in [1.29, 1.82) is 0 Å². The molecule has 22 heavy (non-hydrogen) atoms. The van der Waals surface area contributed by atoms with Crippen molar-refractivity contribution < 1.29 is 4.79 Å². The predicted molar refractivity (Wildman–Crippen MR) is 83.7 cm³/mol. The van der Waals surface area contributed by atoms with E-state index in [0.717, 1.165) is 5.56 Å². The number of hydrogen-bond donors (Lipinski definition) is 1. The molecule has 6 nitrogen and oxygen atoms in total. The maximum Gasteiger partial charge on any atom is 0.244 e. The van der Waals surface area contributed by atoms with E-state index < -0.39 is 0 Å². The minimum absolute atomic E-state index is 0.307. The summed E-state index contributed by atoms with van der Waals surface area (Å²) in [6, 6.07) is 5.34. The summed E-state index contributed by atoms with van der Waals surface area (Å²) in [7, 11) is 0. The van der Waals surface area contributed by atoms with Gasteiger partial charge < -0.3 is 9.55 Å². The molecular formula is C14H11Cl2N5O. The van der Waals surface area contributed by atoms with Crippen molar-refractivity contribution in [1.82, 2.24) is 19.5 Å². The number of fused-ring (bicyclic) bond motifs is 1. The molecular weight excluding hydrogens is 325 g/mol. The lowest BCUT2D eigenvalue weighted by molar-refractivity contribution is -0.116. The van der Waals surface area contributed by atoms with Crippen molar-refractivity contribution in [3.63, 3.8) is 0 Å². The first-order chi connectivity index (χ1) is 10.6. The number of imidazole rings is 1. The number of aromatic nitrogens is 4. The third-order valence-corrected chi connectivity index (χ3v) is 3.80. The van der Waals surface area contributed by atoms with Crippen molar-refractivity contribution >= 4 is 40.3 Å². The topological polar surface area (TPSA) is 75.9 Å². The molecule has 0 saturated heterocycles. The summed E-state index contributed by atoms with van der Waals surface area (Å²) in [5, 5.41) is 1.14. The SMILES string of the molecule is CC(=O)N=c1ncn(Cc2c(Cl)cccc2Cl)c2nc[nH]c12. The van der Waals surface area contributed by atoms with Crippen LogP contribution in [0.1, 0.15) is 12.5 Å². The fraction of sp³-hybridized carbons (Fsp3) is 0.143. The van der Waals surface area contributed by atoms with Crippen LogP contribution in [0.15, 0.2) is 35.8 Å². The van der Waals surface area contributed by atoms with Crippen LogP contribution in [0.3, 0.4) is 0 Å². The smallest absolute Gasteiger partial charge is 0.244 e. The second-order valence-electron chi connectivity index (χ2n) is 4.63. The molecule has 0 unspecified atom stereocenters. The number of halogens is 2. The van der Waals surface area contributed by atoms with Crippen molar-refractivity contribution in [2.45, 2.75) is 13.5 Å².